The van der Waals surface area contributed by atoms with E-state index in [1.54, 1.807) is 6.20 Å². The molecule has 0 bridgehead atoms. The lowest BCUT2D eigenvalue weighted by atomic mass is 10.2. The molecular weight excluding hydrogens is 410 g/mol. The number of rotatable bonds is 8. The number of nitrogens with zero attached hydrogens (tertiary/aromatic N) is 4. The van der Waals surface area contributed by atoms with Gasteiger partial charge in [0.1, 0.15) is 18.1 Å². The van der Waals surface area contributed by atoms with Crippen LogP contribution in [0.15, 0.2) is 84.1 Å². The highest BCUT2D eigenvalue weighted by atomic mass is 32.2. The van der Waals surface area contributed by atoms with Gasteiger partial charge >= 0.3 is 0 Å². The number of nitrogens with one attached hydrogen (secondary N) is 1. The molecule has 0 aliphatic carbocycles. The first-order valence-electron chi connectivity index (χ1n) is 9.69. The lowest BCUT2D eigenvalue weighted by Crippen LogP contribution is -2.14. The second-order valence-electron chi connectivity index (χ2n) is 6.72. The molecule has 4 rings (SSSR count). The van der Waals surface area contributed by atoms with E-state index in [4.69, 9.17) is 4.74 Å². The summed E-state index contributed by atoms with van der Waals surface area (Å²) in [5, 5.41) is 11.9. The molecule has 31 heavy (non-hydrogen) atoms. The summed E-state index contributed by atoms with van der Waals surface area (Å²) in [4.78, 5) is 16.6. The molecule has 0 atom stereocenters. The fourth-order valence-electron chi connectivity index (χ4n) is 2.86. The van der Waals surface area contributed by atoms with Gasteiger partial charge in [0.25, 0.3) is 0 Å². The monoisotopic (exact) mass is 431 g/mol. The zero-order chi connectivity index (χ0) is 21.5. The SMILES string of the molecule is Cn1c(SCC(=O)Nc2ccc(OCc3ccccc3)cc2)nnc1-c1ccccn1. The van der Waals surface area contributed by atoms with Crippen LogP contribution in [0.2, 0.25) is 0 Å². The van der Waals surface area contributed by atoms with Crippen molar-refractivity contribution in [3.8, 4) is 17.3 Å². The van der Waals surface area contributed by atoms with E-state index in [1.807, 2.05) is 84.4 Å². The zero-order valence-electron chi connectivity index (χ0n) is 16.9. The standard InChI is InChI=1S/C23H21N5O2S/c1-28-22(20-9-5-6-14-24-20)26-27-23(28)31-16-21(29)25-18-10-12-19(13-11-18)30-15-17-7-3-2-4-8-17/h2-14H,15-16H2,1H3,(H,25,29). The number of carbonyl (C=O) groups excluding carboxylic acids is 1. The third-order valence-electron chi connectivity index (χ3n) is 4.45. The van der Waals surface area contributed by atoms with Gasteiger partial charge in [-0.2, -0.15) is 0 Å². The molecule has 0 aliphatic heterocycles. The van der Waals surface area contributed by atoms with E-state index < -0.39 is 0 Å². The first-order chi connectivity index (χ1) is 15.2. The average Bonchev–Trinajstić information content (AvgIpc) is 3.19. The van der Waals surface area contributed by atoms with Gasteiger partial charge in [-0.3, -0.25) is 9.78 Å². The van der Waals surface area contributed by atoms with Gasteiger partial charge in [0.2, 0.25) is 5.91 Å². The highest BCUT2D eigenvalue weighted by molar-refractivity contribution is 7.99. The van der Waals surface area contributed by atoms with Crippen LogP contribution in [0.1, 0.15) is 5.56 Å². The number of aromatic nitrogens is 4. The van der Waals surface area contributed by atoms with Crippen molar-refractivity contribution < 1.29 is 9.53 Å². The van der Waals surface area contributed by atoms with Crippen molar-refractivity contribution in [1.82, 2.24) is 19.7 Å². The third-order valence-corrected chi connectivity index (χ3v) is 5.47. The molecule has 2 aromatic carbocycles. The van der Waals surface area contributed by atoms with Crippen LogP contribution in [-0.2, 0) is 18.4 Å². The minimum absolute atomic E-state index is 0.120. The molecule has 0 saturated heterocycles. The van der Waals surface area contributed by atoms with Crippen molar-refractivity contribution in [2.24, 2.45) is 7.05 Å². The summed E-state index contributed by atoms with van der Waals surface area (Å²) in [6.45, 7) is 0.501. The molecule has 0 spiro atoms. The molecule has 0 unspecified atom stereocenters. The zero-order valence-corrected chi connectivity index (χ0v) is 17.7. The Morgan fingerprint density at radius 2 is 1.77 bits per heavy atom. The predicted molar refractivity (Wildman–Crippen MR) is 121 cm³/mol. The largest absolute Gasteiger partial charge is 0.489 e. The lowest BCUT2D eigenvalue weighted by molar-refractivity contribution is -0.113. The first-order valence-corrected chi connectivity index (χ1v) is 10.7. The Labute approximate surface area is 184 Å². The van der Waals surface area contributed by atoms with Gasteiger partial charge in [0.15, 0.2) is 11.0 Å². The molecular formula is C23H21N5O2S. The number of hydrogen-bond donors (Lipinski definition) is 1. The summed E-state index contributed by atoms with van der Waals surface area (Å²) >= 11 is 1.32. The molecule has 2 heterocycles. The van der Waals surface area contributed by atoms with Crippen LogP contribution in [0.3, 0.4) is 0 Å². The Bertz CT molecular complexity index is 1130. The third kappa shape index (κ3) is 5.49. The van der Waals surface area contributed by atoms with Crippen molar-refractivity contribution in [3.63, 3.8) is 0 Å². The Morgan fingerprint density at radius 3 is 2.52 bits per heavy atom. The summed E-state index contributed by atoms with van der Waals surface area (Å²) in [6, 6.07) is 22.9. The van der Waals surface area contributed by atoms with E-state index in [-0.39, 0.29) is 11.7 Å². The molecule has 4 aromatic rings. The maximum absolute atomic E-state index is 12.3. The van der Waals surface area contributed by atoms with Gasteiger partial charge in [-0.25, -0.2) is 0 Å². The number of anilines is 1. The van der Waals surface area contributed by atoms with Crippen molar-refractivity contribution >= 4 is 23.4 Å². The number of hydrogen-bond acceptors (Lipinski definition) is 6. The van der Waals surface area contributed by atoms with E-state index in [1.165, 1.54) is 11.8 Å². The summed E-state index contributed by atoms with van der Waals surface area (Å²) in [6.07, 6.45) is 1.71. The topological polar surface area (TPSA) is 81.9 Å². The van der Waals surface area contributed by atoms with Crippen LogP contribution in [0.25, 0.3) is 11.5 Å². The highest BCUT2D eigenvalue weighted by Crippen LogP contribution is 2.22. The summed E-state index contributed by atoms with van der Waals surface area (Å²) in [5.41, 5.74) is 2.56. The van der Waals surface area contributed by atoms with Crippen LogP contribution in [0.5, 0.6) is 5.75 Å². The number of ether oxygens (including phenoxy) is 1. The van der Waals surface area contributed by atoms with E-state index in [2.05, 4.69) is 20.5 Å². The molecule has 0 radical (unpaired) electrons. The van der Waals surface area contributed by atoms with Crippen molar-refractivity contribution in [2.45, 2.75) is 11.8 Å². The molecule has 1 N–H and O–H groups in total. The van der Waals surface area contributed by atoms with E-state index >= 15 is 0 Å². The van der Waals surface area contributed by atoms with Crippen LogP contribution in [0, 0.1) is 0 Å². The second-order valence-corrected chi connectivity index (χ2v) is 7.66. The summed E-state index contributed by atoms with van der Waals surface area (Å²) in [5.74, 6) is 1.51. The average molecular weight is 432 g/mol. The normalized spacial score (nSPS) is 10.6. The van der Waals surface area contributed by atoms with Gasteiger partial charge in [-0.05, 0) is 42.0 Å². The second kappa shape index (κ2) is 9.90. The highest BCUT2D eigenvalue weighted by Gasteiger charge is 2.13. The molecule has 7 nitrogen and oxygen atoms in total. The van der Waals surface area contributed by atoms with E-state index in [0.717, 1.165) is 17.0 Å². The smallest absolute Gasteiger partial charge is 0.234 e. The van der Waals surface area contributed by atoms with Crippen molar-refractivity contribution in [1.29, 1.82) is 0 Å². The number of pyridine rings is 1. The maximum atomic E-state index is 12.3. The van der Waals surface area contributed by atoms with Crippen molar-refractivity contribution in [3.05, 3.63) is 84.6 Å². The fraction of sp³-hybridized carbons (Fsp3) is 0.130. The minimum Gasteiger partial charge on any atom is -0.489 e. The van der Waals surface area contributed by atoms with Crippen LogP contribution < -0.4 is 10.1 Å². The predicted octanol–water partition coefficient (Wildman–Crippen LogP) is 4.19. The van der Waals surface area contributed by atoms with Crippen molar-refractivity contribution in [2.75, 3.05) is 11.1 Å². The molecule has 156 valence electrons. The van der Waals surface area contributed by atoms with Crippen LogP contribution in [-0.4, -0.2) is 31.4 Å². The van der Waals surface area contributed by atoms with Gasteiger partial charge in [0, 0.05) is 18.9 Å². The van der Waals surface area contributed by atoms with E-state index in [0.29, 0.717) is 23.3 Å². The number of benzene rings is 2. The Balaban J connectivity index is 1.28. The van der Waals surface area contributed by atoms with Gasteiger partial charge in [-0.15, -0.1) is 10.2 Å². The first kappa shape index (κ1) is 20.6. The molecule has 0 aliphatic rings. The molecule has 0 fully saturated rings. The molecule has 2 aromatic heterocycles. The molecule has 8 heteroatoms. The quantitative estimate of drug-likeness (QED) is 0.421. The summed E-state index contributed by atoms with van der Waals surface area (Å²) < 4.78 is 7.60. The Kier molecular flexibility index (Phi) is 6.59. The van der Waals surface area contributed by atoms with Gasteiger partial charge in [0.05, 0.1) is 5.75 Å². The summed E-state index contributed by atoms with van der Waals surface area (Å²) in [7, 11) is 1.86. The number of amides is 1. The van der Waals surface area contributed by atoms with Crippen LogP contribution in [0.4, 0.5) is 5.69 Å². The maximum Gasteiger partial charge on any atom is 0.234 e. The van der Waals surface area contributed by atoms with Crippen LogP contribution >= 0.6 is 11.8 Å². The minimum atomic E-state index is -0.120. The number of carbonyl (C=O) groups is 1. The Hall–Kier alpha value is -3.65. The van der Waals surface area contributed by atoms with E-state index in [9.17, 15) is 4.79 Å². The lowest BCUT2D eigenvalue weighted by Gasteiger charge is -2.08. The number of thioether (sulfide) groups is 1. The molecule has 0 saturated carbocycles. The van der Waals surface area contributed by atoms with Gasteiger partial charge in [-0.1, -0.05) is 48.2 Å². The molecule has 1 amide bonds. The fourth-order valence-corrected chi connectivity index (χ4v) is 3.57. The van der Waals surface area contributed by atoms with Gasteiger partial charge < -0.3 is 14.6 Å². The Morgan fingerprint density at radius 1 is 1.00 bits per heavy atom.